The molecular formula is C16H22NO8P. The zero-order valence-electron chi connectivity index (χ0n) is 15.0. The lowest BCUT2D eigenvalue weighted by molar-refractivity contribution is -0.149. The number of carbonyl (C=O) groups excluding carboxylic acids is 3. The van der Waals surface area contributed by atoms with E-state index in [2.05, 4.69) is 14.8 Å². The normalized spacial score (nSPS) is 12.2. The van der Waals surface area contributed by atoms with Gasteiger partial charge in [-0.2, -0.15) is 0 Å². The molecule has 0 aromatic heterocycles. The van der Waals surface area contributed by atoms with Crippen LogP contribution >= 0.6 is 7.60 Å². The molecule has 0 aliphatic rings. The Hall–Kier alpha value is -2.22. The third kappa shape index (κ3) is 6.25. The van der Waals surface area contributed by atoms with Crippen molar-refractivity contribution < 1.29 is 37.5 Å². The highest BCUT2D eigenvalue weighted by molar-refractivity contribution is 7.52. The summed E-state index contributed by atoms with van der Waals surface area (Å²) in [6.45, 7) is 0. The van der Waals surface area contributed by atoms with Crippen molar-refractivity contribution in [3.05, 3.63) is 35.4 Å². The highest BCUT2D eigenvalue weighted by atomic mass is 31.2. The van der Waals surface area contributed by atoms with Gasteiger partial charge >= 0.3 is 19.5 Å². The molecule has 0 fully saturated rings. The number of esters is 2. The van der Waals surface area contributed by atoms with Crippen LogP contribution in [0, 0.1) is 0 Å². The Morgan fingerprint density at radius 2 is 1.58 bits per heavy atom. The van der Waals surface area contributed by atoms with Gasteiger partial charge in [0, 0.05) is 19.8 Å². The molecule has 26 heavy (non-hydrogen) atoms. The van der Waals surface area contributed by atoms with Crippen LogP contribution in [-0.2, 0) is 38.8 Å². The van der Waals surface area contributed by atoms with Crippen LogP contribution < -0.4 is 5.32 Å². The maximum atomic E-state index is 12.3. The second-order valence-electron chi connectivity index (χ2n) is 5.16. The standard InChI is InChI=1S/C16H22NO8P/c1-22-14(18)9-13(16(20)23-2)17-15(19)12-7-5-11(6-8-12)10-26(21,24-3)25-4/h5-8,13H,9-10H2,1-4H3,(H,17,19)/t13-/m0/s1. The Balaban J connectivity index is 2.84. The summed E-state index contributed by atoms with van der Waals surface area (Å²) in [7, 11) is 1.70. The lowest BCUT2D eigenvalue weighted by Gasteiger charge is -2.16. The third-order valence-electron chi connectivity index (χ3n) is 3.54. The average Bonchev–Trinajstić information content (AvgIpc) is 2.66. The second-order valence-corrected chi connectivity index (χ2v) is 7.43. The molecule has 0 heterocycles. The quantitative estimate of drug-likeness (QED) is 0.500. The van der Waals surface area contributed by atoms with Gasteiger partial charge in [0.2, 0.25) is 0 Å². The van der Waals surface area contributed by atoms with Gasteiger partial charge < -0.3 is 23.8 Å². The van der Waals surface area contributed by atoms with Crippen molar-refractivity contribution in [1.82, 2.24) is 5.32 Å². The number of rotatable bonds is 9. The van der Waals surface area contributed by atoms with Gasteiger partial charge in [0.25, 0.3) is 5.91 Å². The van der Waals surface area contributed by atoms with Crippen molar-refractivity contribution in [2.75, 3.05) is 28.4 Å². The minimum absolute atomic E-state index is 0.0506. The van der Waals surface area contributed by atoms with Crippen LogP contribution in [0.4, 0.5) is 0 Å². The molecule has 9 nitrogen and oxygen atoms in total. The average molecular weight is 387 g/mol. The molecule has 0 saturated heterocycles. The predicted molar refractivity (Wildman–Crippen MR) is 91.7 cm³/mol. The van der Waals surface area contributed by atoms with E-state index < -0.39 is 31.5 Å². The first-order chi connectivity index (χ1) is 12.3. The van der Waals surface area contributed by atoms with Crippen LogP contribution in [0.25, 0.3) is 0 Å². The van der Waals surface area contributed by atoms with E-state index in [9.17, 15) is 18.9 Å². The van der Waals surface area contributed by atoms with Crippen LogP contribution in [0.2, 0.25) is 0 Å². The molecule has 0 aliphatic carbocycles. The third-order valence-corrected chi connectivity index (χ3v) is 5.40. The molecular weight excluding hydrogens is 365 g/mol. The van der Waals surface area contributed by atoms with Gasteiger partial charge in [0.15, 0.2) is 0 Å². The van der Waals surface area contributed by atoms with Crippen molar-refractivity contribution in [2.45, 2.75) is 18.6 Å². The van der Waals surface area contributed by atoms with Crippen molar-refractivity contribution in [1.29, 1.82) is 0 Å². The van der Waals surface area contributed by atoms with Gasteiger partial charge in [-0.05, 0) is 17.7 Å². The number of benzene rings is 1. The van der Waals surface area contributed by atoms with E-state index in [-0.39, 0.29) is 18.1 Å². The highest BCUT2D eigenvalue weighted by Gasteiger charge is 2.26. The summed E-state index contributed by atoms with van der Waals surface area (Å²) < 4.78 is 30.9. The molecule has 0 bridgehead atoms. The lowest BCUT2D eigenvalue weighted by atomic mass is 10.1. The van der Waals surface area contributed by atoms with E-state index in [0.717, 1.165) is 7.11 Å². The number of methoxy groups -OCH3 is 2. The van der Waals surface area contributed by atoms with Gasteiger partial charge in [-0.15, -0.1) is 0 Å². The fraction of sp³-hybridized carbons (Fsp3) is 0.438. The van der Waals surface area contributed by atoms with Crippen LogP contribution in [0.3, 0.4) is 0 Å². The molecule has 0 unspecified atom stereocenters. The Bertz CT molecular complexity index is 680. The molecule has 1 atom stereocenters. The van der Waals surface area contributed by atoms with E-state index in [1.807, 2.05) is 0 Å². The fourth-order valence-electron chi connectivity index (χ4n) is 2.02. The van der Waals surface area contributed by atoms with Gasteiger partial charge in [-0.25, -0.2) is 4.79 Å². The zero-order chi connectivity index (χ0) is 19.7. The molecule has 0 aliphatic heterocycles. The Labute approximate surface area is 151 Å². The number of nitrogens with one attached hydrogen (secondary N) is 1. The van der Waals surface area contributed by atoms with Gasteiger partial charge in [-0.1, -0.05) is 12.1 Å². The summed E-state index contributed by atoms with van der Waals surface area (Å²) in [5, 5.41) is 2.42. The number of hydrogen-bond acceptors (Lipinski definition) is 8. The summed E-state index contributed by atoms with van der Waals surface area (Å²) in [4.78, 5) is 35.3. The van der Waals surface area contributed by atoms with Crippen LogP contribution in [0.5, 0.6) is 0 Å². The smallest absolute Gasteiger partial charge is 0.334 e. The van der Waals surface area contributed by atoms with Crippen LogP contribution in [0.1, 0.15) is 22.3 Å². The summed E-state index contributed by atoms with van der Waals surface area (Å²) in [5.41, 5.74) is 0.893. The Morgan fingerprint density at radius 3 is 2.04 bits per heavy atom. The Kier molecular flexibility index (Phi) is 8.44. The Morgan fingerprint density at radius 1 is 1.00 bits per heavy atom. The monoisotopic (exact) mass is 387 g/mol. The molecule has 1 rings (SSSR count). The largest absolute Gasteiger partial charge is 0.469 e. The van der Waals surface area contributed by atoms with E-state index >= 15 is 0 Å². The fourth-order valence-corrected chi connectivity index (χ4v) is 3.08. The first-order valence-electron chi connectivity index (χ1n) is 7.53. The maximum absolute atomic E-state index is 12.3. The van der Waals surface area contributed by atoms with Crippen LogP contribution in [-0.4, -0.2) is 52.3 Å². The predicted octanol–water partition coefficient (Wildman–Crippen LogP) is 1.51. The molecule has 0 saturated carbocycles. The minimum atomic E-state index is -3.21. The van der Waals surface area contributed by atoms with Gasteiger partial charge in [0.05, 0.1) is 26.8 Å². The van der Waals surface area contributed by atoms with E-state index in [1.54, 1.807) is 12.1 Å². The van der Waals surface area contributed by atoms with E-state index in [0.29, 0.717) is 5.56 Å². The van der Waals surface area contributed by atoms with E-state index in [4.69, 9.17) is 9.05 Å². The maximum Gasteiger partial charge on any atom is 0.334 e. The summed E-state index contributed by atoms with van der Waals surface area (Å²) in [6.07, 6.45) is -0.299. The molecule has 10 heteroatoms. The number of hydrogen-bond donors (Lipinski definition) is 1. The molecule has 144 valence electrons. The van der Waals surface area contributed by atoms with Crippen molar-refractivity contribution in [3.63, 3.8) is 0 Å². The topological polar surface area (TPSA) is 117 Å². The highest BCUT2D eigenvalue weighted by Crippen LogP contribution is 2.49. The first kappa shape index (κ1) is 21.8. The number of amides is 1. The van der Waals surface area contributed by atoms with Gasteiger partial charge in [0.1, 0.15) is 6.04 Å². The summed E-state index contributed by atoms with van der Waals surface area (Å²) in [6, 6.07) is 5.00. The zero-order valence-corrected chi connectivity index (χ0v) is 15.9. The van der Waals surface area contributed by atoms with Crippen molar-refractivity contribution in [2.24, 2.45) is 0 Å². The van der Waals surface area contributed by atoms with E-state index in [1.165, 1.54) is 33.5 Å². The molecule has 1 aromatic rings. The minimum Gasteiger partial charge on any atom is -0.469 e. The SMILES string of the molecule is COC(=O)C[C@H](NC(=O)c1ccc(CP(=O)(OC)OC)cc1)C(=O)OC. The molecule has 1 amide bonds. The van der Waals surface area contributed by atoms with Crippen molar-refractivity contribution in [3.8, 4) is 0 Å². The second kappa shape index (κ2) is 10.1. The summed E-state index contributed by atoms with van der Waals surface area (Å²) >= 11 is 0. The molecule has 0 spiro atoms. The number of carbonyl (C=O) groups is 3. The molecule has 1 N–H and O–H groups in total. The molecule has 1 aromatic carbocycles. The lowest BCUT2D eigenvalue weighted by Crippen LogP contribution is -2.43. The van der Waals surface area contributed by atoms with Crippen LogP contribution in [0.15, 0.2) is 24.3 Å². The molecule has 0 radical (unpaired) electrons. The first-order valence-corrected chi connectivity index (χ1v) is 9.26. The summed E-state index contributed by atoms with van der Waals surface area (Å²) in [5.74, 6) is -2.00. The number of ether oxygens (including phenoxy) is 2. The van der Waals surface area contributed by atoms with Gasteiger partial charge in [-0.3, -0.25) is 14.2 Å². The van der Waals surface area contributed by atoms with Crippen molar-refractivity contribution >= 4 is 25.4 Å².